The zero-order valence-corrected chi connectivity index (χ0v) is 8.60. The van der Waals surface area contributed by atoms with Gasteiger partial charge in [-0.15, -0.1) is 0 Å². The number of nitrogens with zero attached hydrogens (tertiary/aromatic N) is 2. The normalized spacial score (nSPS) is 11.7. The van der Waals surface area contributed by atoms with Gasteiger partial charge in [0.05, 0.1) is 0 Å². The van der Waals surface area contributed by atoms with E-state index in [0.29, 0.717) is 0 Å². The van der Waals surface area contributed by atoms with E-state index in [1.54, 1.807) is 0 Å². The van der Waals surface area contributed by atoms with Crippen molar-refractivity contribution in [2.75, 3.05) is 0 Å². The maximum absolute atomic E-state index is 10.8. The Kier molecular flexibility index (Phi) is 2.54. The number of rotatable bonds is 2. The van der Waals surface area contributed by atoms with Gasteiger partial charge >= 0.3 is 5.97 Å². The first-order valence-electron chi connectivity index (χ1n) is 3.50. The maximum Gasteiger partial charge on any atom is 0.331 e. The minimum absolute atomic E-state index is 0.180. The first-order chi connectivity index (χ1) is 5.85. The monoisotopic (exact) mass is 222 g/mol. The summed E-state index contributed by atoms with van der Waals surface area (Å²) in [6, 6.07) is 1.40. The Morgan fingerprint density at radius 1 is 1.62 bits per heavy atom. The highest BCUT2D eigenvalue weighted by molar-refractivity contribution is 6.33. The van der Waals surface area contributed by atoms with Gasteiger partial charge in [0.2, 0.25) is 0 Å². The van der Waals surface area contributed by atoms with E-state index in [0.717, 1.165) is 0 Å². The number of aromatic nitrogens is 2. The van der Waals surface area contributed by atoms with Crippen molar-refractivity contribution in [3.8, 4) is 0 Å². The summed E-state index contributed by atoms with van der Waals surface area (Å²) >= 11 is 11.3. The summed E-state index contributed by atoms with van der Waals surface area (Å²) in [5.74, 6) is -1.02. The fourth-order valence-corrected chi connectivity index (χ4v) is 1.40. The molecule has 0 amide bonds. The molecule has 0 aliphatic carbocycles. The van der Waals surface area contributed by atoms with Gasteiger partial charge in [-0.2, -0.15) is 5.10 Å². The van der Waals surface area contributed by atoms with Crippen LogP contribution in [0.25, 0.3) is 0 Å². The molecule has 1 aromatic rings. The highest BCUT2D eigenvalue weighted by atomic mass is 35.5. The van der Waals surface area contributed by atoms with Gasteiger partial charge in [-0.05, 0) is 13.8 Å². The SMILES string of the molecule is CC(C)(C(=O)O)n1nc(Cl)cc1Cl. The molecule has 4 nitrogen and oxygen atoms in total. The van der Waals surface area contributed by atoms with Gasteiger partial charge in [-0.1, -0.05) is 23.2 Å². The lowest BCUT2D eigenvalue weighted by atomic mass is 10.1. The lowest BCUT2D eigenvalue weighted by Crippen LogP contribution is -2.36. The molecule has 72 valence electrons. The predicted molar refractivity (Wildman–Crippen MR) is 49.2 cm³/mol. The molecule has 0 saturated carbocycles. The lowest BCUT2D eigenvalue weighted by molar-refractivity contribution is -0.146. The molecule has 0 bridgehead atoms. The molecule has 1 heterocycles. The highest BCUT2D eigenvalue weighted by Gasteiger charge is 2.32. The standard InChI is InChI=1S/C7H8Cl2N2O2/c1-7(2,6(12)13)11-5(9)3-4(8)10-11/h3H,1-2H3,(H,12,13). The summed E-state index contributed by atoms with van der Waals surface area (Å²) in [7, 11) is 0. The summed E-state index contributed by atoms with van der Waals surface area (Å²) < 4.78 is 1.17. The molecule has 1 rings (SSSR count). The lowest BCUT2D eigenvalue weighted by Gasteiger charge is -2.20. The van der Waals surface area contributed by atoms with Crippen LogP contribution < -0.4 is 0 Å². The number of carboxylic acid groups (broad SMARTS) is 1. The van der Waals surface area contributed by atoms with E-state index in [4.69, 9.17) is 28.3 Å². The Hall–Kier alpha value is -0.740. The smallest absolute Gasteiger partial charge is 0.331 e. The Labute approximate surface area is 85.1 Å². The molecule has 0 aliphatic rings. The van der Waals surface area contributed by atoms with Gasteiger partial charge in [0.15, 0.2) is 10.7 Å². The van der Waals surface area contributed by atoms with Gasteiger partial charge < -0.3 is 5.11 Å². The fraction of sp³-hybridized carbons (Fsp3) is 0.429. The molecule has 1 N–H and O–H groups in total. The zero-order valence-electron chi connectivity index (χ0n) is 7.08. The third kappa shape index (κ3) is 1.78. The van der Waals surface area contributed by atoms with Crippen molar-refractivity contribution in [3.05, 3.63) is 16.4 Å². The van der Waals surface area contributed by atoms with Crippen LogP contribution in [0.5, 0.6) is 0 Å². The summed E-state index contributed by atoms with van der Waals surface area (Å²) in [6.45, 7) is 2.98. The minimum atomic E-state index is -1.19. The van der Waals surface area contributed by atoms with Gasteiger partial charge in [0, 0.05) is 6.07 Å². The fourth-order valence-electron chi connectivity index (χ4n) is 0.814. The van der Waals surface area contributed by atoms with E-state index in [-0.39, 0.29) is 10.3 Å². The van der Waals surface area contributed by atoms with E-state index < -0.39 is 11.5 Å². The van der Waals surface area contributed by atoms with Crippen molar-refractivity contribution < 1.29 is 9.90 Å². The van der Waals surface area contributed by atoms with Crippen molar-refractivity contribution in [1.29, 1.82) is 0 Å². The number of carbonyl (C=O) groups is 1. The molecular formula is C7H8Cl2N2O2. The highest BCUT2D eigenvalue weighted by Crippen LogP contribution is 2.23. The molecule has 13 heavy (non-hydrogen) atoms. The average Bonchev–Trinajstić information content (AvgIpc) is 2.30. The molecule has 0 spiro atoms. The molecule has 1 aromatic heterocycles. The number of aliphatic carboxylic acids is 1. The maximum atomic E-state index is 10.8. The molecular weight excluding hydrogens is 215 g/mol. The van der Waals surface area contributed by atoms with Crippen LogP contribution in [0.15, 0.2) is 6.07 Å². The zero-order chi connectivity index (χ0) is 10.2. The van der Waals surface area contributed by atoms with Crippen molar-refractivity contribution in [3.63, 3.8) is 0 Å². The largest absolute Gasteiger partial charge is 0.479 e. The van der Waals surface area contributed by atoms with Crippen LogP contribution in [0.1, 0.15) is 13.8 Å². The van der Waals surface area contributed by atoms with Gasteiger partial charge in [0.1, 0.15) is 5.15 Å². The topological polar surface area (TPSA) is 55.1 Å². The Balaban J connectivity index is 3.21. The molecule has 0 fully saturated rings. The molecule has 0 unspecified atom stereocenters. The number of hydrogen-bond acceptors (Lipinski definition) is 2. The van der Waals surface area contributed by atoms with Gasteiger partial charge in [-0.25, -0.2) is 9.48 Å². The predicted octanol–water partition coefficient (Wildman–Crippen LogP) is 2.01. The number of hydrogen-bond donors (Lipinski definition) is 1. The van der Waals surface area contributed by atoms with Crippen molar-refractivity contribution in [2.45, 2.75) is 19.4 Å². The van der Waals surface area contributed by atoms with E-state index in [1.165, 1.54) is 24.6 Å². The minimum Gasteiger partial charge on any atom is -0.479 e. The van der Waals surface area contributed by atoms with Crippen molar-refractivity contribution in [2.24, 2.45) is 0 Å². The van der Waals surface area contributed by atoms with E-state index in [9.17, 15) is 4.79 Å². The first-order valence-corrected chi connectivity index (χ1v) is 4.26. The van der Waals surface area contributed by atoms with Crippen LogP contribution in [-0.4, -0.2) is 20.9 Å². The van der Waals surface area contributed by atoms with E-state index in [2.05, 4.69) is 5.10 Å². The first kappa shape index (κ1) is 10.3. The number of carboxylic acids is 1. The molecule has 0 saturated heterocycles. The third-order valence-corrected chi connectivity index (χ3v) is 2.14. The quantitative estimate of drug-likeness (QED) is 0.834. The van der Waals surface area contributed by atoms with Crippen molar-refractivity contribution >= 4 is 29.2 Å². The Morgan fingerprint density at radius 2 is 2.15 bits per heavy atom. The van der Waals surface area contributed by atoms with Crippen LogP contribution in [0.4, 0.5) is 0 Å². The third-order valence-electron chi connectivity index (χ3n) is 1.69. The van der Waals surface area contributed by atoms with Crippen molar-refractivity contribution in [1.82, 2.24) is 9.78 Å². The van der Waals surface area contributed by atoms with Crippen LogP contribution in [0.2, 0.25) is 10.3 Å². The second-order valence-electron chi connectivity index (χ2n) is 3.07. The Morgan fingerprint density at radius 3 is 2.46 bits per heavy atom. The second kappa shape index (κ2) is 3.20. The molecule has 0 aromatic carbocycles. The van der Waals surface area contributed by atoms with Gasteiger partial charge in [0.25, 0.3) is 0 Å². The Bertz CT molecular complexity index is 346. The van der Waals surface area contributed by atoms with Crippen LogP contribution in [-0.2, 0) is 10.3 Å². The average molecular weight is 223 g/mol. The molecule has 0 atom stereocenters. The summed E-state index contributed by atoms with van der Waals surface area (Å²) in [4.78, 5) is 10.8. The second-order valence-corrected chi connectivity index (χ2v) is 3.84. The van der Waals surface area contributed by atoms with Crippen LogP contribution in [0, 0.1) is 0 Å². The molecule has 0 radical (unpaired) electrons. The summed E-state index contributed by atoms with van der Waals surface area (Å²) in [6.07, 6.45) is 0. The molecule has 6 heteroatoms. The molecule has 0 aliphatic heterocycles. The van der Waals surface area contributed by atoms with Crippen LogP contribution in [0.3, 0.4) is 0 Å². The van der Waals surface area contributed by atoms with E-state index in [1.807, 2.05) is 0 Å². The van der Waals surface area contributed by atoms with Crippen LogP contribution >= 0.6 is 23.2 Å². The summed E-state index contributed by atoms with van der Waals surface area (Å²) in [5.41, 5.74) is -1.19. The van der Waals surface area contributed by atoms with E-state index >= 15 is 0 Å². The van der Waals surface area contributed by atoms with Gasteiger partial charge in [-0.3, -0.25) is 0 Å². The number of halogens is 2. The summed E-state index contributed by atoms with van der Waals surface area (Å²) in [5, 5.41) is 13.0.